The molecule has 0 bridgehead atoms. The summed E-state index contributed by atoms with van der Waals surface area (Å²) >= 11 is 0. The fourth-order valence-corrected chi connectivity index (χ4v) is 2.20. The van der Waals surface area contributed by atoms with Crippen LogP contribution >= 0.6 is 0 Å². The van der Waals surface area contributed by atoms with Crippen LogP contribution in [0.2, 0.25) is 0 Å². The molecule has 0 aliphatic heterocycles. The molecule has 0 atom stereocenters. The van der Waals surface area contributed by atoms with Crippen LogP contribution in [0, 0.1) is 6.92 Å². The van der Waals surface area contributed by atoms with Crippen molar-refractivity contribution in [3.8, 4) is 0 Å². The zero-order valence-corrected chi connectivity index (χ0v) is 12.9. The standard InChI is InChI=1S/C16H24N4O/c1-3-21-11-5-10-20-13-14(2)19-16(20)18-9-7-15-6-4-8-17-12-15/h4,6,8,12-13H,3,5,7,9-11H2,1-2H3,(H,18,19). The first kappa shape index (κ1) is 15.5. The molecular formula is C16H24N4O. The molecule has 0 aliphatic rings. The zero-order chi connectivity index (χ0) is 14.9. The van der Waals surface area contributed by atoms with Gasteiger partial charge in [-0.25, -0.2) is 4.98 Å². The highest BCUT2D eigenvalue weighted by Gasteiger charge is 2.05. The third-order valence-electron chi connectivity index (χ3n) is 3.21. The molecular weight excluding hydrogens is 264 g/mol. The quantitative estimate of drug-likeness (QED) is 0.721. The van der Waals surface area contributed by atoms with Crippen molar-refractivity contribution in [1.29, 1.82) is 0 Å². The minimum absolute atomic E-state index is 0.777. The maximum absolute atomic E-state index is 5.38. The van der Waals surface area contributed by atoms with Crippen LogP contribution in [-0.2, 0) is 17.7 Å². The van der Waals surface area contributed by atoms with E-state index in [1.165, 1.54) is 5.56 Å². The van der Waals surface area contributed by atoms with Gasteiger partial charge in [-0.2, -0.15) is 0 Å². The number of imidazole rings is 1. The molecule has 0 unspecified atom stereocenters. The summed E-state index contributed by atoms with van der Waals surface area (Å²) in [4.78, 5) is 8.66. The van der Waals surface area contributed by atoms with Crippen molar-refractivity contribution >= 4 is 5.95 Å². The number of aromatic nitrogens is 3. The molecule has 0 amide bonds. The molecule has 21 heavy (non-hydrogen) atoms. The van der Waals surface area contributed by atoms with Gasteiger partial charge in [-0.05, 0) is 38.3 Å². The summed E-state index contributed by atoms with van der Waals surface area (Å²) in [7, 11) is 0. The van der Waals surface area contributed by atoms with Gasteiger partial charge in [0.2, 0.25) is 5.95 Å². The van der Waals surface area contributed by atoms with E-state index in [0.29, 0.717) is 0 Å². The fraction of sp³-hybridized carbons (Fsp3) is 0.500. The summed E-state index contributed by atoms with van der Waals surface area (Å²) in [6.45, 7) is 7.39. The Hall–Kier alpha value is -1.88. The van der Waals surface area contributed by atoms with Crippen molar-refractivity contribution in [2.45, 2.75) is 33.2 Å². The molecule has 1 N–H and O–H groups in total. The van der Waals surface area contributed by atoms with Gasteiger partial charge in [0.1, 0.15) is 0 Å². The minimum atomic E-state index is 0.777. The largest absolute Gasteiger partial charge is 0.382 e. The normalized spacial score (nSPS) is 10.8. The fourth-order valence-electron chi connectivity index (χ4n) is 2.20. The van der Waals surface area contributed by atoms with Gasteiger partial charge in [-0.3, -0.25) is 4.98 Å². The zero-order valence-electron chi connectivity index (χ0n) is 12.9. The van der Waals surface area contributed by atoms with Gasteiger partial charge >= 0.3 is 0 Å². The van der Waals surface area contributed by atoms with Gasteiger partial charge in [0, 0.05) is 44.9 Å². The van der Waals surface area contributed by atoms with Crippen LogP contribution in [0.4, 0.5) is 5.95 Å². The van der Waals surface area contributed by atoms with E-state index in [0.717, 1.165) is 50.8 Å². The number of anilines is 1. The second-order valence-corrected chi connectivity index (χ2v) is 4.99. The Labute approximate surface area is 126 Å². The molecule has 5 nitrogen and oxygen atoms in total. The molecule has 5 heteroatoms. The topological polar surface area (TPSA) is 52.0 Å². The third kappa shape index (κ3) is 5.19. The number of aryl methyl sites for hydroxylation is 2. The van der Waals surface area contributed by atoms with Crippen molar-refractivity contribution in [2.75, 3.05) is 25.1 Å². The Balaban J connectivity index is 1.82. The summed E-state index contributed by atoms with van der Waals surface area (Å²) in [6.07, 6.45) is 7.73. The average Bonchev–Trinajstić information content (AvgIpc) is 2.85. The van der Waals surface area contributed by atoms with E-state index in [2.05, 4.69) is 32.1 Å². The lowest BCUT2D eigenvalue weighted by molar-refractivity contribution is 0.142. The Morgan fingerprint density at radius 1 is 1.38 bits per heavy atom. The number of rotatable bonds is 9. The van der Waals surface area contributed by atoms with E-state index in [1.54, 1.807) is 6.20 Å². The summed E-state index contributed by atoms with van der Waals surface area (Å²) in [5.41, 5.74) is 2.27. The lowest BCUT2D eigenvalue weighted by atomic mass is 10.2. The molecule has 0 spiro atoms. The van der Waals surface area contributed by atoms with Crippen molar-refractivity contribution in [3.05, 3.63) is 42.0 Å². The predicted molar refractivity (Wildman–Crippen MR) is 84.5 cm³/mol. The predicted octanol–water partition coefficient (Wildman–Crippen LogP) is 2.67. The SMILES string of the molecule is CCOCCCn1cc(C)nc1NCCc1cccnc1. The van der Waals surface area contributed by atoms with E-state index in [4.69, 9.17) is 4.74 Å². The van der Waals surface area contributed by atoms with Crippen LogP contribution in [-0.4, -0.2) is 34.3 Å². The number of nitrogens with one attached hydrogen (secondary N) is 1. The smallest absolute Gasteiger partial charge is 0.203 e. The second kappa shape index (κ2) is 8.42. The Bertz CT molecular complexity index is 524. The lowest BCUT2D eigenvalue weighted by Gasteiger charge is -2.09. The molecule has 0 fully saturated rings. The summed E-state index contributed by atoms with van der Waals surface area (Å²) in [6, 6.07) is 4.06. The van der Waals surface area contributed by atoms with Crippen LogP contribution in [0.3, 0.4) is 0 Å². The van der Waals surface area contributed by atoms with Gasteiger partial charge in [-0.1, -0.05) is 6.07 Å². The van der Waals surface area contributed by atoms with Crippen LogP contribution in [0.15, 0.2) is 30.7 Å². The summed E-state index contributed by atoms with van der Waals surface area (Å²) in [5.74, 6) is 0.938. The van der Waals surface area contributed by atoms with E-state index in [9.17, 15) is 0 Å². The van der Waals surface area contributed by atoms with E-state index >= 15 is 0 Å². The number of pyridine rings is 1. The van der Waals surface area contributed by atoms with Gasteiger partial charge < -0.3 is 14.6 Å². The Kier molecular flexibility index (Phi) is 6.22. The highest BCUT2D eigenvalue weighted by molar-refractivity contribution is 5.29. The van der Waals surface area contributed by atoms with Gasteiger partial charge in [0.15, 0.2) is 0 Å². The number of hydrogen-bond acceptors (Lipinski definition) is 4. The van der Waals surface area contributed by atoms with Gasteiger partial charge in [-0.15, -0.1) is 0 Å². The van der Waals surface area contributed by atoms with E-state index in [-0.39, 0.29) is 0 Å². The van der Waals surface area contributed by atoms with Crippen LogP contribution < -0.4 is 5.32 Å². The maximum atomic E-state index is 5.38. The number of nitrogens with zero attached hydrogens (tertiary/aromatic N) is 3. The molecule has 2 rings (SSSR count). The van der Waals surface area contributed by atoms with Gasteiger partial charge in [0.25, 0.3) is 0 Å². The molecule has 0 radical (unpaired) electrons. The third-order valence-corrected chi connectivity index (χ3v) is 3.21. The van der Waals surface area contributed by atoms with E-state index in [1.807, 2.05) is 26.1 Å². The van der Waals surface area contributed by atoms with Crippen molar-refractivity contribution in [3.63, 3.8) is 0 Å². The molecule has 0 saturated carbocycles. The van der Waals surface area contributed by atoms with Crippen LogP contribution in [0.25, 0.3) is 0 Å². The summed E-state index contributed by atoms with van der Waals surface area (Å²) in [5, 5.41) is 3.41. The molecule has 2 heterocycles. The highest BCUT2D eigenvalue weighted by Crippen LogP contribution is 2.10. The number of ether oxygens (including phenoxy) is 1. The Morgan fingerprint density at radius 3 is 3.05 bits per heavy atom. The lowest BCUT2D eigenvalue weighted by Crippen LogP contribution is -2.11. The van der Waals surface area contributed by atoms with E-state index < -0.39 is 0 Å². The second-order valence-electron chi connectivity index (χ2n) is 4.99. The first-order valence-corrected chi connectivity index (χ1v) is 7.54. The molecule has 0 aromatic carbocycles. The van der Waals surface area contributed by atoms with Gasteiger partial charge in [0.05, 0.1) is 5.69 Å². The summed E-state index contributed by atoms with van der Waals surface area (Å²) < 4.78 is 7.54. The first-order chi connectivity index (χ1) is 10.3. The van der Waals surface area contributed by atoms with Crippen LogP contribution in [0.5, 0.6) is 0 Å². The minimum Gasteiger partial charge on any atom is -0.382 e. The molecule has 0 aliphatic carbocycles. The average molecular weight is 288 g/mol. The molecule has 2 aromatic rings. The molecule has 0 saturated heterocycles. The monoisotopic (exact) mass is 288 g/mol. The van der Waals surface area contributed by atoms with Crippen LogP contribution in [0.1, 0.15) is 24.6 Å². The van der Waals surface area contributed by atoms with Crippen molar-refractivity contribution in [1.82, 2.24) is 14.5 Å². The first-order valence-electron chi connectivity index (χ1n) is 7.54. The number of hydrogen-bond donors (Lipinski definition) is 1. The molecule has 2 aromatic heterocycles. The highest BCUT2D eigenvalue weighted by atomic mass is 16.5. The van der Waals surface area contributed by atoms with Crippen molar-refractivity contribution in [2.24, 2.45) is 0 Å². The Morgan fingerprint density at radius 2 is 2.29 bits per heavy atom. The maximum Gasteiger partial charge on any atom is 0.203 e. The van der Waals surface area contributed by atoms with Crippen molar-refractivity contribution < 1.29 is 4.74 Å². The molecule has 114 valence electrons.